The maximum atomic E-state index is 2.52. The molecule has 0 heterocycles. The summed E-state index contributed by atoms with van der Waals surface area (Å²) in [5.41, 5.74) is 22.7. The minimum atomic E-state index is -0.458. The summed E-state index contributed by atoms with van der Waals surface area (Å²) in [5, 5.41) is 2.57. The molecule has 0 saturated heterocycles. The maximum absolute atomic E-state index is 2.52. The first kappa shape index (κ1) is 33.2. The van der Waals surface area contributed by atoms with E-state index in [2.05, 4.69) is 220 Å². The van der Waals surface area contributed by atoms with E-state index in [1.807, 2.05) is 0 Å². The topological polar surface area (TPSA) is 3.24 Å². The van der Waals surface area contributed by atoms with E-state index in [1.165, 1.54) is 94.2 Å². The van der Waals surface area contributed by atoms with Crippen LogP contribution in [-0.4, -0.2) is 0 Å². The van der Waals surface area contributed by atoms with Crippen LogP contribution in [0, 0.1) is 6.92 Å². The van der Waals surface area contributed by atoms with Crippen molar-refractivity contribution in [3.8, 4) is 44.5 Å². The van der Waals surface area contributed by atoms with E-state index in [0.29, 0.717) is 0 Å². The third kappa shape index (κ3) is 4.42. The molecule has 0 unspecified atom stereocenters. The minimum Gasteiger partial charge on any atom is -0.310 e. The van der Waals surface area contributed by atoms with Crippen molar-refractivity contribution in [2.24, 2.45) is 0 Å². The number of hydrogen-bond acceptors (Lipinski definition) is 1. The summed E-state index contributed by atoms with van der Waals surface area (Å²) in [6, 6.07) is 73.2. The Hall–Kier alpha value is -6.96. The normalized spacial score (nSPS) is 14.4. The van der Waals surface area contributed by atoms with Gasteiger partial charge in [0.1, 0.15) is 0 Å². The molecular weight excluding hydrogens is 699 g/mol. The highest BCUT2D eigenvalue weighted by Gasteiger charge is 2.52. The number of benzene rings is 9. The first-order valence-electron chi connectivity index (χ1n) is 20.5. The predicted octanol–water partition coefficient (Wildman–Crippen LogP) is 14.9. The average Bonchev–Trinajstić information content (AvgIpc) is 3.83. The predicted molar refractivity (Wildman–Crippen MR) is 243 cm³/mol. The second-order valence-electron chi connectivity index (χ2n) is 16.9. The Morgan fingerprint density at radius 3 is 1.53 bits per heavy atom. The van der Waals surface area contributed by atoms with E-state index >= 15 is 0 Å². The molecule has 0 fully saturated rings. The molecule has 0 amide bonds. The Morgan fingerprint density at radius 2 is 0.862 bits per heavy atom. The van der Waals surface area contributed by atoms with E-state index in [-0.39, 0.29) is 5.41 Å². The molecule has 1 spiro atoms. The number of rotatable bonds is 4. The van der Waals surface area contributed by atoms with Gasteiger partial charge in [0.25, 0.3) is 0 Å². The van der Waals surface area contributed by atoms with Crippen molar-refractivity contribution in [3.05, 3.63) is 233 Å². The van der Waals surface area contributed by atoms with E-state index in [9.17, 15) is 0 Å². The molecule has 274 valence electrons. The van der Waals surface area contributed by atoms with Crippen molar-refractivity contribution < 1.29 is 0 Å². The van der Waals surface area contributed by atoms with E-state index < -0.39 is 5.41 Å². The lowest BCUT2D eigenvalue weighted by atomic mass is 9.70. The Balaban J connectivity index is 1.12. The molecule has 0 atom stereocenters. The zero-order valence-corrected chi connectivity index (χ0v) is 32.9. The zero-order valence-electron chi connectivity index (χ0n) is 32.9. The molecule has 0 radical (unpaired) electrons. The minimum absolute atomic E-state index is 0.120. The lowest BCUT2D eigenvalue weighted by Gasteiger charge is -2.32. The van der Waals surface area contributed by atoms with E-state index in [1.54, 1.807) is 0 Å². The van der Waals surface area contributed by atoms with Crippen LogP contribution in [0.2, 0.25) is 0 Å². The van der Waals surface area contributed by atoms with Gasteiger partial charge >= 0.3 is 0 Å². The van der Waals surface area contributed by atoms with Crippen molar-refractivity contribution in [1.82, 2.24) is 0 Å². The molecular formula is C57H41N. The van der Waals surface area contributed by atoms with Crippen LogP contribution < -0.4 is 4.90 Å². The molecule has 0 aromatic heterocycles. The van der Waals surface area contributed by atoms with Crippen molar-refractivity contribution in [1.29, 1.82) is 0 Å². The first-order valence-corrected chi connectivity index (χ1v) is 20.5. The second kappa shape index (κ2) is 12.0. The van der Waals surface area contributed by atoms with Crippen LogP contribution >= 0.6 is 0 Å². The fraction of sp³-hybridized carbons (Fsp3) is 0.0877. The smallest absolute Gasteiger partial charge is 0.0726 e. The molecule has 9 aromatic rings. The van der Waals surface area contributed by atoms with Gasteiger partial charge in [-0.05, 0) is 132 Å². The number of anilines is 3. The van der Waals surface area contributed by atoms with Gasteiger partial charge in [-0.25, -0.2) is 0 Å². The van der Waals surface area contributed by atoms with E-state index in [4.69, 9.17) is 0 Å². The van der Waals surface area contributed by atoms with Crippen molar-refractivity contribution in [2.45, 2.75) is 31.6 Å². The molecule has 12 rings (SSSR count). The largest absolute Gasteiger partial charge is 0.310 e. The highest BCUT2D eigenvalue weighted by Crippen LogP contribution is 2.64. The van der Waals surface area contributed by atoms with Gasteiger partial charge in [-0.3, -0.25) is 0 Å². The summed E-state index contributed by atoms with van der Waals surface area (Å²) >= 11 is 0. The number of fused-ring (bicyclic) bond motifs is 15. The van der Waals surface area contributed by atoms with Gasteiger partial charge in [0.15, 0.2) is 0 Å². The van der Waals surface area contributed by atoms with Crippen LogP contribution in [0.4, 0.5) is 17.1 Å². The van der Waals surface area contributed by atoms with Crippen molar-refractivity contribution in [2.75, 3.05) is 4.90 Å². The van der Waals surface area contributed by atoms with E-state index in [0.717, 1.165) is 17.1 Å². The van der Waals surface area contributed by atoms with Crippen LogP contribution in [0.3, 0.4) is 0 Å². The third-order valence-electron chi connectivity index (χ3n) is 13.6. The van der Waals surface area contributed by atoms with Gasteiger partial charge < -0.3 is 4.90 Å². The Bertz CT molecular complexity index is 3100. The fourth-order valence-electron chi connectivity index (χ4n) is 10.9. The maximum Gasteiger partial charge on any atom is 0.0726 e. The van der Waals surface area contributed by atoms with Crippen molar-refractivity contribution in [3.63, 3.8) is 0 Å². The number of hydrogen-bond donors (Lipinski definition) is 0. The second-order valence-corrected chi connectivity index (χ2v) is 16.9. The molecule has 1 nitrogen and oxygen atoms in total. The lowest BCUT2D eigenvalue weighted by Crippen LogP contribution is -2.26. The van der Waals surface area contributed by atoms with Crippen LogP contribution in [0.25, 0.3) is 55.3 Å². The molecule has 0 aliphatic heterocycles. The first-order chi connectivity index (χ1) is 28.4. The zero-order chi connectivity index (χ0) is 38.8. The molecule has 3 aliphatic carbocycles. The molecule has 0 saturated carbocycles. The third-order valence-corrected chi connectivity index (χ3v) is 13.6. The molecule has 1 heteroatoms. The van der Waals surface area contributed by atoms with Gasteiger partial charge in [0.2, 0.25) is 0 Å². The van der Waals surface area contributed by atoms with Gasteiger partial charge in [0.05, 0.1) is 5.41 Å². The van der Waals surface area contributed by atoms with Crippen molar-refractivity contribution >= 4 is 27.8 Å². The van der Waals surface area contributed by atoms with Crippen LogP contribution in [0.1, 0.15) is 52.8 Å². The Labute approximate surface area is 340 Å². The van der Waals surface area contributed by atoms with Gasteiger partial charge in [-0.2, -0.15) is 0 Å². The van der Waals surface area contributed by atoms with Crippen LogP contribution in [0.5, 0.6) is 0 Å². The average molecular weight is 740 g/mol. The Kier molecular flexibility index (Phi) is 6.88. The van der Waals surface area contributed by atoms with Gasteiger partial charge in [-0.15, -0.1) is 0 Å². The molecule has 3 aliphatic rings. The molecule has 58 heavy (non-hydrogen) atoms. The van der Waals surface area contributed by atoms with Crippen LogP contribution in [-0.2, 0) is 10.8 Å². The van der Waals surface area contributed by atoms with Gasteiger partial charge in [0, 0.05) is 22.5 Å². The molecule has 0 bridgehead atoms. The molecule has 0 N–H and O–H groups in total. The fourth-order valence-corrected chi connectivity index (χ4v) is 10.9. The van der Waals surface area contributed by atoms with Crippen LogP contribution in [0.15, 0.2) is 194 Å². The van der Waals surface area contributed by atoms with Gasteiger partial charge in [-0.1, -0.05) is 177 Å². The quantitative estimate of drug-likeness (QED) is 0.174. The summed E-state index contributed by atoms with van der Waals surface area (Å²) in [6.45, 7) is 6.89. The highest BCUT2D eigenvalue weighted by molar-refractivity contribution is 6.06. The number of aryl methyl sites for hydroxylation is 1. The highest BCUT2D eigenvalue weighted by atomic mass is 15.1. The Morgan fingerprint density at radius 1 is 0.362 bits per heavy atom. The summed E-state index contributed by atoms with van der Waals surface area (Å²) in [4.78, 5) is 2.49. The summed E-state index contributed by atoms with van der Waals surface area (Å²) in [5.74, 6) is 0. The molecule has 9 aromatic carbocycles. The summed E-state index contributed by atoms with van der Waals surface area (Å²) in [7, 11) is 0. The monoisotopic (exact) mass is 739 g/mol. The summed E-state index contributed by atoms with van der Waals surface area (Å²) in [6.07, 6.45) is 0. The lowest BCUT2D eigenvalue weighted by molar-refractivity contribution is 0.660. The number of nitrogens with zero attached hydrogens (tertiary/aromatic N) is 1. The standard InChI is InChI=1S/C57H41N/c1-36-20-22-37(23-21-36)38-24-27-40(28-25-38)58(41-29-31-47-44-14-6-9-17-49(44)56(2,3)53(47)34-41)42-30-32-48-54(35-42)57(52-33-26-39-12-4-5-13-43(39)55(48)52)50-18-10-7-15-45(50)46-16-8-11-19-51(46)57/h4-35H,1-3H3. The SMILES string of the molecule is Cc1ccc(-c2ccc(N(c3ccc4c(c3)C(C)(C)c3ccccc3-4)c3ccc4c(c3)C3(c5ccccc5-c5ccccc53)c3ccc5ccccc5c3-4)cc2)cc1. The summed E-state index contributed by atoms with van der Waals surface area (Å²) < 4.78 is 0.